The highest BCUT2D eigenvalue weighted by molar-refractivity contribution is 9.10. The normalized spacial score (nSPS) is 12.8. The molecule has 0 aromatic carbocycles. The summed E-state index contributed by atoms with van der Waals surface area (Å²) in [5, 5.41) is 9.65. The molecule has 0 radical (unpaired) electrons. The van der Waals surface area contributed by atoms with E-state index in [0.717, 1.165) is 29.4 Å². The molecule has 0 bridgehead atoms. The molecule has 0 spiro atoms. The Kier molecular flexibility index (Phi) is 5.12. The summed E-state index contributed by atoms with van der Waals surface area (Å²) >= 11 is 3.33. The van der Waals surface area contributed by atoms with Crippen molar-refractivity contribution in [3.05, 3.63) is 28.5 Å². The van der Waals surface area contributed by atoms with Gasteiger partial charge in [-0.2, -0.15) is 0 Å². The van der Waals surface area contributed by atoms with Crippen molar-refractivity contribution in [2.75, 3.05) is 0 Å². The molecular weight excluding hydrogens is 242 g/mol. The van der Waals surface area contributed by atoms with E-state index in [9.17, 15) is 5.11 Å². The largest absolute Gasteiger partial charge is 0.393 e. The van der Waals surface area contributed by atoms with Gasteiger partial charge in [0.05, 0.1) is 6.10 Å². The summed E-state index contributed by atoms with van der Waals surface area (Å²) in [7, 11) is 0. The molecule has 0 aliphatic rings. The van der Waals surface area contributed by atoms with Crippen LogP contribution in [0.1, 0.15) is 31.9 Å². The maximum atomic E-state index is 9.65. The Balaban J connectivity index is 2.39. The van der Waals surface area contributed by atoms with Gasteiger partial charge in [0.2, 0.25) is 0 Å². The lowest BCUT2D eigenvalue weighted by Crippen LogP contribution is -2.10. The Labute approximate surface area is 93.5 Å². The number of aliphatic hydroxyl groups is 1. The lowest BCUT2D eigenvalue weighted by atomic mass is 10.1. The third kappa shape index (κ3) is 4.20. The molecule has 0 saturated heterocycles. The van der Waals surface area contributed by atoms with Crippen LogP contribution in [-0.2, 0) is 6.42 Å². The highest BCUT2D eigenvalue weighted by Crippen LogP contribution is 2.10. The smallest absolute Gasteiger partial charge is 0.0595 e. The van der Waals surface area contributed by atoms with Crippen LogP contribution in [-0.4, -0.2) is 16.2 Å². The SMILES string of the molecule is CCCCC(O)Cc1ccc(Br)cn1. The Bertz CT molecular complexity index is 260. The van der Waals surface area contributed by atoms with Crippen LogP contribution in [0.15, 0.2) is 22.8 Å². The average molecular weight is 258 g/mol. The van der Waals surface area contributed by atoms with E-state index in [2.05, 4.69) is 27.8 Å². The van der Waals surface area contributed by atoms with Crippen molar-refractivity contribution >= 4 is 15.9 Å². The van der Waals surface area contributed by atoms with Gasteiger partial charge in [-0.15, -0.1) is 0 Å². The summed E-state index contributed by atoms with van der Waals surface area (Å²) in [5.74, 6) is 0. The van der Waals surface area contributed by atoms with Crippen molar-refractivity contribution in [1.29, 1.82) is 0 Å². The van der Waals surface area contributed by atoms with Gasteiger partial charge in [-0.25, -0.2) is 0 Å². The minimum Gasteiger partial charge on any atom is -0.393 e. The number of hydrogen-bond acceptors (Lipinski definition) is 2. The van der Waals surface area contributed by atoms with Gasteiger partial charge >= 0.3 is 0 Å². The van der Waals surface area contributed by atoms with E-state index in [1.54, 1.807) is 6.20 Å². The summed E-state index contributed by atoms with van der Waals surface area (Å²) in [6.45, 7) is 2.13. The predicted octanol–water partition coefficient (Wildman–Crippen LogP) is 2.94. The van der Waals surface area contributed by atoms with E-state index in [1.807, 2.05) is 12.1 Å². The van der Waals surface area contributed by atoms with Crippen LogP contribution in [0.5, 0.6) is 0 Å². The van der Waals surface area contributed by atoms with Crippen LogP contribution in [0, 0.1) is 0 Å². The zero-order valence-electron chi connectivity index (χ0n) is 8.41. The summed E-state index contributed by atoms with van der Waals surface area (Å²) < 4.78 is 0.976. The van der Waals surface area contributed by atoms with Gasteiger partial charge < -0.3 is 5.11 Å². The van der Waals surface area contributed by atoms with Gasteiger partial charge in [0.15, 0.2) is 0 Å². The Morgan fingerprint density at radius 2 is 2.29 bits per heavy atom. The third-order valence-corrected chi connectivity index (χ3v) is 2.59. The molecule has 1 atom stereocenters. The average Bonchev–Trinajstić information content (AvgIpc) is 2.18. The van der Waals surface area contributed by atoms with E-state index in [1.165, 1.54) is 0 Å². The first-order valence-electron chi connectivity index (χ1n) is 5.01. The number of aliphatic hydroxyl groups excluding tert-OH is 1. The monoisotopic (exact) mass is 257 g/mol. The summed E-state index contributed by atoms with van der Waals surface area (Å²) in [6.07, 6.45) is 5.26. The van der Waals surface area contributed by atoms with Crippen LogP contribution in [0.25, 0.3) is 0 Å². The minimum atomic E-state index is -0.247. The number of unbranched alkanes of at least 4 members (excludes halogenated alkanes) is 1. The molecule has 0 aliphatic heterocycles. The van der Waals surface area contributed by atoms with Crippen molar-refractivity contribution in [3.63, 3.8) is 0 Å². The van der Waals surface area contributed by atoms with E-state index in [0.29, 0.717) is 6.42 Å². The Morgan fingerprint density at radius 3 is 2.86 bits per heavy atom. The molecule has 0 saturated carbocycles. The molecule has 1 aromatic rings. The first-order chi connectivity index (χ1) is 6.72. The topological polar surface area (TPSA) is 33.1 Å². The standard InChI is InChI=1S/C11H16BrNO/c1-2-3-4-11(14)7-10-6-5-9(12)8-13-10/h5-6,8,11,14H,2-4,7H2,1H3. The van der Waals surface area contributed by atoms with E-state index >= 15 is 0 Å². The molecule has 2 nitrogen and oxygen atoms in total. The first-order valence-corrected chi connectivity index (χ1v) is 5.80. The molecule has 0 fully saturated rings. The van der Waals surface area contributed by atoms with Crippen LogP contribution < -0.4 is 0 Å². The van der Waals surface area contributed by atoms with Gasteiger partial charge in [-0.05, 0) is 34.5 Å². The fraction of sp³-hybridized carbons (Fsp3) is 0.545. The van der Waals surface area contributed by atoms with E-state index in [-0.39, 0.29) is 6.10 Å². The second kappa shape index (κ2) is 6.14. The van der Waals surface area contributed by atoms with E-state index < -0.39 is 0 Å². The molecule has 0 aliphatic carbocycles. The molecule has 1 rings (SSSR count). The van der Waals surface area contributed by atoms with Gasteiger partial charge in [0, 0.05) is 22.8 Å². The number of pyridine rings is 1. The van der Waals surface area contributed by atoms with Gasteiger partial charge in [-0.3, -0.25) is 4.98 Å². The highest BCUT2D eigenvalue weighted by atomic mass is 79.9. The molecule has 1 N–H and O–H groups in total. The maximum Gasteiger partial charge on any atom is 0.0595 e. The summed E-state index contributed by atoms with van der Waals surface area (Å²) in [4.78, 5) is 4.22. The fourth-order valence-electron chi connectivity index (χ4n) is 1.31. The van der Waals surface area contributed by atoms with Crippen molar-refractivity contribution in [1.82, 2.24) is 4.98 Å². The highest BCUT2D eigenvalue weighted by Gasteiger charge is 2.05. The molecule has 1 heterocycles. The fourth-order valence-corrected chi connectivity index (χ4v) is 1.54. The Hall–Kier alpha value is -0.410. The maximum absolute atomic E-state index is 9.65. The van der Waals surface area contributed by atoms with Crippen molar-refractivity contribution in [2.24, 2.45) is 0 Å². The zero-order valence-corrected chi connectivity index (χ0v) is 10.00. The number of nitrogens with zero attached hydrogens (tertiary/aromatic N) is 1. The van der Waals surface area contributed by atoms with Crippen molar-refractivity contribution < 1.29 is 5.11 Å². The second-order valence-electron chi connectivity index (χ2n) is 3.47. The molecular formula is C11H16BrNO. The van der Waals surface area contributed by atoms with Gasteiger partial charge in [-0.1, -0.05) is 19.8 Å². The van der Waals surface area contributed by atoms with Crippen LogP contribution in [0.2, 0.25) is 0 Å². The summed E-state index contributed by atoms with van der Waals surface area (Å²) in [6, 6.07) is 3.90. The number of rotatable bonds is 5. The quantitative estimate of drug-likeness (QED) is 0.880. The number of halogens is 1. The summed E-state index contributed by atoms with van der Waals surface area (Å²) in [5.41, 5.74) is 0.955. The molecule has 14 heavy (non-hydrogen) atoms. The molecule has 78 valence electrons. The van der Waals surface area contributed by atoms with Crippen molar-refractivity contribution in [2.45, 2.75) is 38.7 Å². The minimum absolute atomic E-state index is 0.247. The predicted molar refractivity (Wildman–Crippen MR) is 61.2 cm³/mol. The molecule has 0 amide bonds. The number of aromatic nitrogens is 1. The molecule has 3 heteroatoms. The third-order valence-electron chi connectivity index (χ3n) is 2.12. The van der Waals surface area contributed by atoms with Crippen molar-refractivity contribution in [3.8, 4) is 0 Å². The lowest BCUT2D eigenvalue weighted by molar-refractivity contribution is 0.160. The second-order valence-corrected chi connectivity index (χ2v) is 4.38. The Morgan fingerprint density at radius 1 is 1.50 bits per heavy atom. The molecule has 1 aromatic heterocycles. The van der Waals surface area contributed by atoms with Gasteiger partial charge in [0.25, 0.3) is 0 Å². The molecule has 1 unspecified atom stereocenters. The first kappa shape index (κ1) is 11.7. The van der Waals surface area contributed by atoms with Gasteiger partial charge in [0.1, 0.15) is 0 Å². The van der Waals surface area contributed by atoms with E-state index in [4.69, 9.17) is 0 Å². The lowest BCUT2D eigenvalue weighted by Gasteiger charge is -2.08. The van der Waals surface area contributed by atoms with Crippen LogP contribution in [0.4, 0.5) is 0 Å². The van der Waals surface area contributed by atoms with Crippen LogP contribution in [0.3, 0.4) is 0 Å². The van der Waals surface area contributed by atoms with Crippen LogP contribution >= 0.6 is 15.9 Å². The number of hydrogen-bond donors (Lipinski definition) is 1. The zero-order chi connectivity index (χ0) is 10.4.